The lowest BCUT2D eigenvalue weighted by molar-refractivity contribution is -0.139. The summed E-state index contributed by atoms with van der Waals surface area (Å²) < 4.78 is 45.4. The highest BCUT2D eigenvalue weighted by molar-refractivity contribution is 7.89. The second-order valence-corrected chi connectivity index (χ2v) is 9.48. The van der Waals surface area contributed by atoms with Gasteiger partial charge in [0.25, 0.3) is 0 Å². The van der Waals surface area contributed by atoms with Crippen LogP contribution in [0.1, 0.15) is 11.1 Å². The van der Waals surface area contributed by atoms with Crippen molar-refractivity contribution in [2.45, 2.75) is 11.4 Å². The number of halogens is 2. The standard InChI is InChI=1S/C23H18ClFN2O5S/c1-27(33(30,31)19-7-5-18(25)6-8-19)13-17-10-20(16-4-2-3-15(9-16)12-26)22(11-21(17)24)32-14-23(28)29/h2-11H,13-14H2,1H3,(H,28,29). The lowest BCUT2D eigenvalue weighted by Crippen LogP contribution is -2.26. The molecule has 0 aliphatic carbocycles. The first kappa shape index (κ1) is 24.2. The molecule has 7 nitrogen and oxygen atoms in total. The number of benzene rings is 3. The number of carboxylic acids is 1. The average Bonchev–Trinajstić information content (AvgIpc) is 2.79. The highest BCUT2D eigenvalue weighted by atomic mass is 35.5. The van der Waals surface area contributed by atoms with Crippen molar-refractivity contribution in [2.75, 3.05) is 13.7 Å². The fourth-order valence-electron chi connectivity index (χ4n) is 3.07. The van der Waals surface area contributed by atoms with Crippen molar-refractivity contribution in [2.24, 2.45) is 0 Å². The van der Waals surface area contributed by atoms with Crippen LogP contribution < -0.4 is 4.74 Å². The number of carbonyl (C=O) groups is 1. The molecule has 0 bridgehead atoms. The van der Waals surface area contributed by atoms with Crippen LogP contribution >= 0.6 is 11.6 Å². The smallest absolute Gasteiger partial charge is 0.341 e. The number of nitriles is 1. The van der Waals surface area contributed by atoms with Gasteiger partial charge >= 0.3 is 5.97 Å². The Bertz CT molecular complexity index is 1340. The summed E-state index contributed by atoms with van der Waals surface area (Å²) in [6, 6.07) is 16.1. The fourth-order valence-corrected chi connectivity index (χ4v) is 4.44. The van der Waals surface area contributed by atoms with E-state index in [0.717, 1.165) is 16.4 Å². The van der Waals surface area contributed by atoms with Gasteiger partial charge < -0.3 is 9.84 Å². The highest BCUT2D eigenvalue weighted by Gasteiger charge is 2.23. The molecular weight excluding hydrogens is 471 g/mol. The lowest BCUT2D eigenvalue weighted by atomic mass is 10.00. The van der Waals surface area contributed by atoms with Gasteiger partial charge in [-0.2, -0.15) is 9.57 Å². The van der Waals surface area contributed by atoms with Crippen LogP contribution in [0.25, 0.3) is 11.1 Å². The molecule has 0 spiro atoms. The second kappa shape index (κ2) is 10.0. The maximum atomic E-state index is 13.2. The summed E-state index contributed by atoms with van der Waals surface area (Å²) in [5.41, 5.74) is 1.81. The van der Waals surface area contributed by atoms with Crippen molar-refractivity contribution in [1.29, 1.82) is 5.26 Å². The molecule has 0 aromatic heterocycles. The predicted octanol–water partition coefficient (Wildman–Crippen LogP) is 4.30. The maximum Gasteiger partial charge on any atom is 0.341 e. The molecule has 0 fully saturated rings. The molecular formula is C23H18ClFN2O5S. The minimum Gasteiger partial charge on any atom is -0.481 e. The molecule has 0 aliphatic rings. The Labute approximate surface area is 195 Å². The molecule has 3 aromatic carbocycles. The zero-order chi connectivity index (χ0) is 24.2. The molecule has 3 rings (SSSR count). The molecule has 0 aliphatic heterocycles. The van der Waals surface area contributed by atoms with Crippen LogP contribution in [-0.4, -0.2) is 37.5 Å². The minimum atomic E-state index is -3.93. The molecule has 1 N–H and O–H groups in total. The molecule has 10 heteroatoms. The fraction of sp³-hybridized carbons (Fsp3) is 0.130. The van der Waals surface area contributed by atoms with Crippen LogP contribution in [-0.2, 0) is 21.4 Å². The van der Waals surface area contributed by atoms with Gasteiger partial charge in [0.2, 0.25) is 10.0 Å². The van der Waals surface area contributed by atoms with Gasteiger partial charge in [-0.05, 0) is 59.7 Å². The molecule has 33 heavy (non-hydrogen) atoms. The maximum absolute atomic E-state index is 13.2. The summed E-state index contributed by atoms with van der Waals surface area (Å²) in [5, 5.41) is 18.4. The van der Waals surface area contributed by atoms with Gasteiger partial charge in [-0.15, -0.1) is 0 Å². The van der Waals surface area contributed by atoms with Gasteiger partial charge in [-0.1, -0.05) is 23.7 Å². The van der Waals surface area contributed by atoms with Gasteiger partial charge in [0, 0.05) is 24.2 Å². The SMILES string of the molecule is CN(Cc1cc(-c2cccc(C#N)c2)c(OCC(=O)O)cc1Cl)S(=O)(=O)c1ccc(F)cc1. The van der Waals surface area contributed by atoms with Crippen LogP contribution in [0.3, 0.4) is 0 Å². The zero-order valence-electron chi connectivity index (χ0n) is 17.3. The first-order valence-electron chi connectivity index (χ1n) is 9.51. The molecule has 3 aromatic rings. The Morgan fingerprint density at radius 2 is 1.88 bits per heavy atom. The summed E-state index contributed by atoms with van der Waals surface area (Å²) in [4.78, 5) is 10.9. The molecule has 170 valence electrons. The quantitative estimate of drug-likeness (QED) is 0.506. The number of hydrogen-bond donors (Lipinski definition) is 1. The van der Waals surface area contributed by atoms with Gasteiger partial charge in [-0.3, -0.25) is 0 Å². The summed E-state index contributed by atoms with van der Waals surface area (Å²) in [5.74, 6) is -1.57. The van der Waals surface area contributed by atoms with E-state index in [1.54, 1.807) is 30.3 Å². The third-order valence-corrected chi connectivity index (χ3v) is 6.89. The van der Waals surface area contributed by atoms with Crippen LogP contribution in [0, 0.1) is 17.1 Å². The van der Waals surface area contributed by atoms with Crippen LogP contribution in [0.2, 0.25) is 5.02 Å². The number of sulfonamides is 1. The second-order valence-electron chi connectivity index (χ2n) is 7.03. The normalized spacial score (nSPS) is 11.2. The van der Waals surface area contributed by atoms with E-state index in [2.05, 4.69) is 0 Å². The van der Waals surface area contributed by atoms with Crippen molar-refractivity contribution >= 4 is 27.6 Å². The number of carboxylic acid groups (broad SMARTS) is 1. The van der Waals surface area contributed by atoms with E-state index in [1.165, 1.54) is 25.2 Å². The Balaban J connectivity index is 2.02. The summed E-state index contributed by atoms with van der Waals surface area (Å²) in [6.07, 6.45) is 0. The Morgan fingerprint density at radius 3 is 2.52 bits per heavy atom. The molecule has 0 amide bonds. The number of hydrogen-bond acceptors (Lipinski definition) is 5. The van der Waals surface area contributed by atoms with Crippen molar-refractivity contribution in [3.8, 4) is 22.9 Å². The first-order chi connectivity index (χ1) is 15.6. The van der Waals surface area contributed by atoms with Crippen LogP contribution in [0.5, 0.6) is 5.75 Å². The monoisotopic (exact) mass is 488 g/mol. The van der Waals surface area contributed by atoms with Crippen molar-refractivity contribution in [3.63, 3.8) is 0 Å². The summed E-state index contributed by atoms with van der Waals surface area (Å²) >= 11 is 6.37. The van der Waals surface area contributed by atoms with Gasteiger partial charge in [0.1, 0.15) is 11.6 Å². The number of rotatable bonds is 8. The predicted molar refractivity (Wildman–Crippen MR) is 120 cm³/mol. The van der Waals surface area contributed by atoms with E-state index in [-0.39, 0.29) is 22.2 Å². The number of aliphatic carboxylic acids is 1. The number of nitrogens with zero attached hydrogens (tertiary/aromatic N) is 2. The molecule has 0 heterocycles. The van der Waals surface area contributed by atoms with Crippen molar-refractivity contribution in [3.05, 3.63) is 82.6 Å². The summed E-state index contributed by atoms with van der Waals surface area (Å²) in [6.45, 7) is -0.734. The minimum absolute atomic E-state index is 0.0779. The van der Waals surface area contributed by atoms with Gasteiger partial charge in [-0.25, -0.2) is 17.6 Å². The van der Waals surface area contributed by atoms with Crippen LogP contribution in [0.4, 0.5) is 4.39 Å². The highest BCUT2D eigenvalue weighted by Crippen LogP contribution is 2.36. The van der Waals surface area contributed by atoms with Crippen molar-refractivity contribution < 1.29 is 27.4 Å². The Morgan fingerprint density at radius 1 is 1.18 bits per heavy atom. The van der Waals surface area contributed by atoms with E-state index in [4.69, 9.17) is 21.4 Å². The van der Waals surface area contributed by atoms with Gasteiger partial charge in [0.15, 0.2) is 6.61 Å². The molecule has 0 unspecified atom stereocenters. The Hall–Kier alpha value is -3.45. The van der Waals surface area contributed by atoms with Gasteiger partial charge in [0.05, 0.1) is 16.5 Å². The average molecular weight is 489 g/mol. The lowest BCUT2D eigenvalue weighted by Gasteiger charge is -2.20. The van der Waals surface area contributed by atoms with E-state index in [9.17, 15) is 22.9 Å². The topological polar surface area (TPSA) is 108 Å². The van der Waals surface area contributed by atoms with E-state index >= 15 is 0 Å². The largest absolute Gasteiger partial charge is 0.481 e. The first-order valence-corrected chi connectivity index (χ1v) is 11.3. The zero-order valence-corrected chi connectivity index (χ0v) is 18.9. The molecule has 0 atom stereocenters. The van der Waals surface area contributed by atoms with Crippen LogP contribution in [0.15, 0.2) is 65.6 Å². The van der Waals surface area contributed by atoms with E-state index in [0.29, 0.717) is 22.3 Å². The summed E-state index contributed by atoms with van der Waals surface area (Å²) in [7, 11) is -2.57. The molecule has 0 saturated carbocycles. The number of ether oxygens (including phenoxy) is 1. The third kappa shape index (κ3) is 5.68. The Kier molecular flexibility index (Phi) is 7.33. The third-order valence-electron chi connectivity index (χ3n) is 4.72. The van der Waals surface area contributed by atoms with E-state index in [1.807, 2.05) is 6.07 Å². The molecule has 0 saturated heterocycles. The van der Waals surface area contributed by atoms with Crippen molar-refractivity contribution in [1.82, 2.24) is 4.31 Å². The van der Waals surface area contributed by atoms with E-state index < -0.39 is 28.4 Å². The molecule has 0 radical (unpaired) electrons.